The van der Waals surface area contributed by atoms with E-state index in [1.807, 2.05) is 6.07 Å². The molecule has 0 spiro atoms. The van der Waals surface area contributed by atoms with Crippen LogP contribution in [0, 0.1) is 5.82 Å². The zero-order valence-corrected chi connectivity index (χ0v) is 14.4. The fourth-order valence-electron chi connectivity index (χ4n) is 3.75. The van der Waals surface area contributed by atoms with Crippen molar-refractivity contribution in [1.82, 2.24) is 24.9 Å². The van der Waals surface area contributed by atoms with Gasteiger partial charge in [0.2, 0.25) is 5.88 Å². The molecule has 9 heteroatoms. The molecule has 5 heterocycles. The van der Waals surface area contributed by atoms with Gasteiger partial charge in [-0.2, -0.15) is 5.10 Å². The average Bonchev–Trinajstić information content (AvgIpc) is 3.31. The van der Waals surface area contributed by atoms with Crippen LogP contribution in [0.2, 0.25) is 0 Å². The number of carbonyl (C=O) groups is 1. The molecular weight excluding hydrogens is 351 g/mol. The number of aromatic nitrogens is 4. The molecule has 1 unspecified atom stereocenters. The lowest BCUT2D eigenvalue weighted by molar-refractivity contribution is 0.0948. The summed E-state index contributed by atoms with van der Waals surface area (Å²) in [6.07, 6.45) is 6.23. The molecule has 1 fully saturated rings. The fourth-order valence-corrected chi connectivity index (χ4v) is 3.75. The normalized spacial score (nSPS) is 19.5. The highest BCUT2D eigenvalue weighted by Gasteiger charge is 2.31. The second kappa shape index (κ2) is 6.19. The predicted molar refractivity (Wildman–Crippen MR) is 94.3 cm³/mol. The maximum Gasteiger partial charge on any atom is 0.256 e. The summed E-state index contributed by atoms with van der Waals surface area (Å²) >= 11 is 0. The average molecular weight is 368 g/mol. The lowest BCUT2D eigenvalue weighted by atomic mass is 10.1. The number of nitrogens with one attached hydrogen (secondary N) is 1. The van der Waals surface area contributed by atoms with Gasteiger partial charge in [0.15, 0.2) is 5.65 Å². The van der Waals surface area contributed by atoms with Crippen LogP contribution in [0.5, 0.6) is 5.88 Å². The molecule has 138 valence electrons. The minimum Gasteiger partial charge on any atom is -0.476 e. The molecule has 1 saturated heterocycles. The van der Waals surface area contributed by atoms with Gasteiger partial charge < -0.3 is 15.0 Å². The SMILES string of the molecule is O=C1NCCOc2ncc(F)cc2C2CCCN2c2ccn3ncc1c3n2. The van der Waals surface area contributed by atoms with Gasteiger partial charge >= 0.3 is 0 Å². The smallest absolute Gasteiger partial charge is 0.256 e. The standard InChI is InChI=1S/C18H17FN6O2/c19-11-8-12-14-2-1-5-24(14)15-3-6-25-16(23-15)13(10-22-25)17(26)20-4-7-27-18(12)21-9-11/h3,6,8-10,14H,1-2,4-5,7H2,(H,20,26). The number of pyridine rings is 1. The number of hydrogen-bond acceptors (Lipinski definition) is 6. The van der Waals surface area contributed by atoms with Crippen LogP contribution in [0.15, 0.2) is 30.7 Å². The number of rotatable bonds is 0. The fraction of sp³-hybridized carbons (Fsp3) is 0.333. The molecule has 0 saturated carbocycles. The zero-order chi connectivity index (χ0) is 18.4. The molecule has 3 aromatic heterocycles. The predicted octanol–water partition coefficient (Wildman–Crippen LogP) is 1.73. The van der Waals surface area contributed by atoms with Crippen molar-refractivity contribution in [2.45, 2.75) is 18.9 Å². The van der Waals surface area contributed by atoms with Crippen LogP contribution < -0.4 is 15.0 Å². The third-order valence-electron chi connectivity index (χ3n) is 4.98. The Bertz CT molecular complexity index is 1040. The van der Waals surface area contributed by atoms with Crippen LogP contribution in [-0.4, -0.2) is 45.2 Å². The summed E-state index contributed by atoms with van der Waals surface area (Å²) < 4.78 is 21.3. The maximum absolute atomic E-state index is 13.9. The van der Waals surface area contributed by atoms with Crippen molar-refractivity contribution in [3.63, 3.8) is 0 Å². The Morgan fingerprint density at radius 3 is 3.19 bits per heavy atom. The Balaban J connectivity index is 1.67. The lowest BCUT2D eigenvalue weighted by Crippen LogP contribution is -2.28. The molecular formula is C18H17FN6O2. The van der Waals surface area contributed by atoms with Gasteiger partial charge in [-0.05, 0) is 25.0 Å². The molecule has 1 amide bonds. The Morgan fingerprint density at radius 2 is 2.26 bits per heavy atom. The molecule has 2 aliphatic rings. The van der Waals surface area contributed by atoms with E-state index in [1.165, 1.54) is 12.3 Å². The highest BCUT2D eigenvalue weighted by molar-refractivity contribution is 5.99. The largest absolute Gasteiger partial charge is 0.476 e. The monoisotopic (exact) mass is 368 g/mol. The van der Waals surface area contributed by atoms with Crippen LogP contribution in [-0.2, 0) is 0 Å². The van der Waals surface area contributed by atoms with Gasteiger partial charge in [0.05, 0.1) is 25.0 Å². The Morgan fingerprint density at radius 1 is 1.33 bits per heavy atom. The molecule has 1 atom stereocenters. The number of hydrogen-bond donors (Lipinski definition) is 1. The Kier molecular flexibility index (Phi) is 3.66. The van der Waals surface area contributed by atoms with Crippen molar-refractivity contribution in [1.29, 1.82) is 0 Å². The highest BCUT2D eigenvalue weighted by atomic mass is 19.1. The Labute approximate surface area is 154 Å². The summed E-state index contributed by atoms with van der Waals surface area (Å²) in [6, 6.07) is 3.24. The van der Waals surface area contributed by atoms with Crippen LogP contribution in [0.25, 0.3) is 5.65 Å². The summed E-state index contributed by atoms with van der Waals surface area (Å²) in [7, 11) is 0. The van der Waals surface area contributed by atoms with E-state index in [-0.39, 0.29) is 18.6 Å². The highest BCUT2D eigenvalue weighted by Crippen LogP contribution is 2.39. The molecule has 5 rings (SSSR count). The second-order valence-corrected chi connectivity index (χ2v) is 6.62. The van der Waals surface area contributed by atoms with E-state index < -0.39 is 5.82 Å². The van der Waals surface area contributed by atoms with Gasteiger partial charge in [-0.25, -0.2) is 18.9 Å². The third-order valence-corrected chi connectivity index (χ3v) is 4.98. The lowest BCUT2D eigenvalue weighted by Gasteiger charge is -2.27. The van der Waals surface area contributed by atoms with Crippen LogP contribution in [0.1, 0.15) is 34.8 Å². The van der Waals surface area contributed by atoms with Crippen molar-refractivity contribution < 1.29 is 13.9 Å². The quantitative estimate of drug-likeness (QED) is 0.651. The number of anilines is 1. The van der Waals surface area contributed by atoms with Crippen molar-refractivity contribution in [3.05, 3.63) is 47.7 Å². The number of ether oxygens (including phenoxy) is 1. The van der Waals surface area contributed by atoms with Crippen molar-refractivity contribution in [2.24, 2.45) is 0 Å². The van der Waals surface area contributed by atoms with Crippen molar-refractivity contribution in [2.75, 3.05) is 24.6 Å². The molecule has 27 heavy (non-hydrogen) atoms. The van der Waals surface area contributed by atoms with E-state index in [0.29, 0.717) is 35.0 Å². The van der Waals surface area contributed by atoms with Gasteiger partial charge in [-0.15, -0.1) is 0 Å². The van der Waals surface area contributed by atoms with E-state index in [1.54, 1.807) is 10.7 Å². The van der Waals surface area contributed by atoms with E-state index in [2.05, 4.69) is 25.3 Å². The summed E-state index contributed by atoms with van der Waals surface area (Å²) in [4.78, 5) is 23.4. The molecule has 3 aromatic rings. The van der Waals surface area contributed by atoms with Gasteiger partial charge in [-0.1, -0.05) is 0 Å². The first-order valence-electron chi connectivity index (χ1n) is 8.88. The van der Waals surface area contributed by atoms with Gasteiger partial charge in [-0.3, -0.25) is 4.79 Å². The molecule has 1 N–H and O–H groups in total. The van der Waals surface area contributed by atoms with Crippen molar-refractivity contribution in [3.8, 4) is 5.88 Å². The second-order valence-electron chi connectivity index (χ2n) is 6.62. The third kappa shape index (κ3) is 2.66. The van der Waals surface area contributed by atoms with E-state index in [4.69, 9.17) is 4.74 Å². The molecule has 2 aliphatic heterocycles. The molecule has 0 aliphatic carbocycles. The number of fused-ring (bicyclic) bond motifs is 5. The first-order chi connectivity index (χ1) is 13.2. The van der Waals surface area contributed by atoms with Gasteiger partial charge in [0.25, 0.3) is 5.91 Å². The van der Waals surface area contributed by atoms with Gasteiger partial charge in [0, 0.05) is 18.3 Å². The topological polar surface area (TPSA) is 84.7 Å². The minimum atomic E-state index is -0.400. The maximum atomic E-state index is 13.9. The molecule has 0 aromatic carbocycles. The molecule has 8 nitrogen and oxygen atoms in total. The molecule has 0 radical (unpaired) electrons. The summed E-state index contributed by atoms with van der Waals surface area (Å²) in [5.41, 5.74) is 1.61. The number of halogens is 1. The van der Waals surface area contributed by atoms with Crippen molar-refractivity contribution >= 4 is 17.4 Å². The number of nitrogens with zero attached hydrogens (tertiary/aromatic N) is 5. The first kappa shape index (κ1) is 16.0. The number of amides is 1. The summed E-state index contributed by atoms with van der Waals surface area (Å²) in [5, 5.41) is 7.00. The molecule has 2 bridgehead atoms. The van der Waals surface area contributed by atoms with E-state index in [0.717, 1.165) is 25.6 Å². The van der Waals surface area contributed by atoms with Crippen LogP contribution in [0.3, 0.4) is 0 Å². The summed E-state index contributed by atoms with van der Waals surface area (Å²) in [6.45, 7) is 1.31. The first-order valence-corrected chi connectivity index (χ1v) is 8.88. The van der Waals surface area contributed by atoms with Crippen LogP contribution in [0.4, 0.5) is 10.2 Å². The van der Waals surface area contributed by atoms with Crippen LogP contribution >= 0.6 is 0 Å². The van der Waals surface area contributed by atoms with Gasteiger partial charge in [0.1, 0.15) is 23.8 Å². The minimum absolute atomic E-state index is 0.0889. The summed E-state index contributed by atoms with van der Waals surface area (Å²) in [5.74, 6) is 0.450. The van der Waals surface area contributed by atoms with E-state index >= 15 is 0 Å². The van der Waals surface area contributed by atoms with E-state index in [9.17, 15) is 9.18 Å². The number of carbonyl (C=O) groups excluding carboxylic acids is 1. The Hall–Kier alpha value is -3.23. The zero-order valence-electron chi connectivity index (χ0n) is 14.4.